The van der Waals surface area contributed by atoms with Gasteiger partial charge in [0.2, 0.25) is 5.91 Å². The van der Waals surface area contributed by atoms with Gasteiger partial charge in [-0.1, -0.05) is 0 Å². The fourth-order valence-corrected chi connectivity index (χ4v) is 3.04. The standard InChI is InChI=1S/C13H20N2OS/c1-14-5-3-12(8-14)9-15(2)13(16)7-11-4-6-17-10-11/h4,6,10,12H,3,5,7-9H2,1-2H3. The number of rotatable bonds is 4. The topological polar surface area (TPSA) is 23.6 Å². The predicted molar refractivity (Wildman–Crippen MR) is 71.3 cm³/mol. The molecule has 2 heterocycles. The molecular formula is C13H20N2OS. The number of hydrogen-bond acceptors (Lipinski definition) is 3. The Bertz CT molecular complexity index is 364. The molecule has 1 aromatic heterocycles. The van der Waals surface area contributed by atoms with Crippen molar-refractivity contribution in [2.75, 3.05) is 33.7 Å². The van der Waals surface area contributed by atoms with Gasteiger partial charge in [-0.3, -0.25) is 4.79 Å². The van der Waals surface area contributed by atoms with Crippen LogP contribution in [0.25, 0.3) is 0 Å². The number of likely N-dealkylation sites (tertiary alicyclic amines) is 1. The molecule has 0 spiro atoms. The maximum atomic E-state index is 12.0. The maximum Gasteiger partial charge on any atom is 0.226 e. The van der Waals surface area contributed by atoms with Crippen LogP contribution in [0.3, 0.4) is 0 Å². The van der Waals surface area contributed by atoms with Gasteiger partial charge in [0.05, 0.1) is 6.42 Å². The predicted octanol–water partition coefficient (Wildman–Crippen LogP) is 1.70. The first kappa shape index (κ1) is 12.6. The van der Waals surface area contributed by atoms with Gasteiger partial charge in [-0.25, -0.2) is 0 Å². The Hall–Kier alpha value is -0.870. The highest BCUT2D eigenvalue weighted by molar-refractivity contribution is 7.07. The summed E-state index contributed by atoms with van der Waals surface area (Å²) >= 11 is 1.65. The van der Waals surface area contributed by atoms with Gasteiger partial charge in [0.15, 0.2) is 0 Å². The third kappa shape index (κ3) is 3.54. The van der Waals surface area contributed by atoms with E-state index < -0.39 is 0 Å². The van der Waals surface area contributed by atoms with E-state index in [-0.39, 0.29) is 5.91 Å². The van der Waals surface area contributed by atoms with Crippen molar-refractivity contribution in [3.63, 3.8) is 0 Å². The van der Waals surface area contributed by atoms with Gasteiger partial charge in [0.25, 0.3) is 0 Å². The number of carbonyl (C=O) groups is 1. The zero-order chi connectivity index (χ0) is 12.3. The van der Waals surface area contributed by atoms with Crippen LogP contribution in [0, 0.1) is 5.92 Å². The molecule has 4 heteroatoms. The molecule has 0 radical (unpaired) electrons. The highest BCUT2D eigenvalue weighted by atomic mass is 32.1. The van der Waals surface area contributed by atoms with E-state index in [9.17, 15) is 4.79 Å². The van der Waals surface area contributed by atoms with Gasteiger partial charge in [0, 0.05) is 20.1 Å². The zero-order valence-corrected chi connectivity index (χ0v) is 11.4. The van der Waals surface area contributed by atoms with Gasteiger partial charge < -0.3 is 9.80 Å². The second kappa shape index (κ2) is 5.65. The Kier molecular flexibility index (Phi) is 4.18. The Morgan fingerprint density at radius 1 is 1.65 bits per heavy atom. The fraction of sp³-hybridized carbons (Fsp3) is 0.615. The second-order valence-electron chi connectivity index (χ2n) is 5.00. The van der Waals surface area contributed by atoms with E-state index in [4.69, 9.17) is 0 Å². The maximum absolute atomic E-state index is 12.0. The summed E-state index contributed by atoms with van der Waals surface area (Å²) in [6.45, 7) is 3.18. The van der Waals surface area contributed by atoms with Crippen LogP contribution in [-0.2, 0) is 11.2 Å². The molecule has 2 rings (SSSR count). The molecule has 94 valence electrons. The average Bonchev–Trinajstić information content (AvgIpc) is 2.90. The Morgan fingerprint density at radius 2 is 2.47 bits per heavy atom. The fourth-order valence-electron chi connectivity index (χ4n) is 2.37. The zero-order valence-electron chi connectivity index (χ0n) is 10.6. The van der Waals surface area contributed by atoms with E-state index in [1.807, 2.05) is 23.4 Å². The molecule has 0 N–H and O–H groups in total. The van der Waals surface area contributed by atoms with Crippen LogP contribution in [-0.4, -0.2) is 49.4 Å². The first-order valence-corrected chi connectivity index (χ1v) is 7.03. The Balaban J connectivity index is 1.79. The summed E-state index contributed by atoms with van der Waals surface area (Å²) in [5.74, 6) is 0.884. The van der Waals surface area contributed by atoms with Crippen molar-refractivity contribution in [2.24, 2.45) is 5.92 Å². The number of carbonyl (C=O) groups excluding carboxylic acids is 1. The number of hydrogen-bond donors (Lipinski definition) is 0. The molecule has 17 heavy (non-hydrogen) atoms. The van der Waals surface area contributed by atoms with Gasteiger partial charge >= 0.3 is 0 Å². The molecule has 0 aromatic carbocycles. The van der Waals surface area contributed by atoms with E-state index in [2.05, 4.69) is 17.3 Å². The largest absolute Gasteiger partial charge is 0.345 e. The third-order valence-electron chi connectivity index (χ3n) is 3.38. The van der Waals surface area contributed by atoms with Crippen molar-refractivity contribution in [3.05, 3.63) is 22.4 Å². The molecule has 1 fully saturated rings. The number of nitrogens with zero attached hydrogens (tertiary/aromatic N) is 2. The number of thiophene rings is 1. The monoisotopic (exact) mass is 252 g/mol. The summed E-state index contributed by atoms with van der Waals surface area (Å²) in [7, 11) is 4.07. The molecule has 0 saturated carbocycles. The first-order chi connectivity index (χ1) is 8.15. The van der Waals surface area contributed by atoms with E-state index in [1.165, 1.54) is 6.42 Å². The van der Waals surface area contributed by atoms with Crippen molar-refractivity contribution >= 4 is 17.2 Å². The van der Waals surface area contributed by atoms with Crippen molar-refractivity contribution in [1.29, 1.82) is 0 Å². The van der Waals surface area contributed by atoms with Crippen LogP contribution in [0.2, 0.25) is 0 Å². The molecule has 1 aliphatic heterocycles. The second-order valence-corrected chi connectivity index (χ2v) is 5.78. The van der Waals surface area contributed by atoms with Crippen LogP contribution in [0.15, 0.2) is 16.8 Å². The summed E-state index contributed by atoms with van der Waals surface area (Å²) < 4.78 is 0. The lowest BCUT2D eigenvalue weighted by atomic mass is 10.1. The summed E-state index contributed by atoms with van der Waals surface area (Å²) in [5.41, 5.74) is 1.13. The smallest absolute Gasteiger partial charge is 0.226 e. The number of amides is 1. The summed E-state index contributed by atoms with van der Waals surface area (Å²) in [4.78, 5) is 16.2. The molecule has 1 aromatic rings. The Morgan fingerprint density at radius 3 is 3.06 bits per heavy atom. The van der Waals surface area contributed by atoms with E-state index in [0.29, 0.717) is 12.3 Å². The van der Waals surface area contributed by atoms with Crippen molar-refractivity contribution in [3.8, 4) is 0 Å². The van der Waals surface area contributed by atoms with Gasteiger partial charge in [0.1, 0.15) is 0 Å². The molecule has 1 aliphatic rings. The van der Waals surface area contributed by atoms with Crippen molar-refractivity contribution in [2.45, 2.75) is 12.8 Å². The van der Waals surface area contributed by atoms with Crippen LogP contribution < -0.4 is 0 Å². The SMILES string of the molecule is CN1CCC(CN(C)C(=O)Cc2ccsc2)C1. The average molecular weight is 252 g/mol. The highest BCUT2D eigenvalue weighted by Crippen LogP contribution is 2.16. The molecular weight excluding hydrogens is 232 g/mol. The molecule has 1 unspecified atom stereocenters. The molecule has 1 saturated heterocycles. The minimum atomic E-state index is 0.234. The molecule has 0 bridgehead atoms. The molecule has 1 atom stereocenters. The van der Waals surface area contributed by atoms with Crippen LogP contribution in [0.5, 0.6) is 0 Å². The van der Waals surface area contributed by atoms with Crippen LogP contribution >= 0.6 is 11.3 Å². The lowest BCUT2D eigenvalue weighted by molar-refractivity contribution is -0.129. The van der Waals surface area contributed by atoms with Crippen molar-refractivity contribution in [1.82, 2.24) is 9.80 Å². The first-order valence-electron chi connectivity index (χ1n) is 6.08. The summed E-state index contributed by atoms with van der Waals surface area (Å²) in [5, 5.41) is 4.07. The van der Waals surface area contributed by atoms with Gasteiger partial charge in [-0.05, 0) is 48.3 Å². The third-order valence-corrected chi connectivity index (χ3v) is 4.11. The minimum absolute atomic E-state index is 0.234. The van der Waals surface area contributed by atoms with Crippen LogP contribution in [0.1, 0.15) is 12.0 Å². The summed E-state index contributed by atoms with van der Waals surface area (Å²) in [6, 6.07) is 2.03. The van der Waals surface area contributed by atoms with E-state index in [1.54, 1.807) is 11.3 Å². The van der Waals surface area contributed by atoms with E-state index in [0.717, 1.165) is 25.2 Å². The van der Waals surface area contributed by atoms with Crippen molar-refractivity contribution < 1.29 is 4.79 Å². The number of likely N-dealkylation sites (N-methyl/N-ethyl adjacent to an activating group) is 1. The minimum Gasteiger partial charge on any atom is -0.345 e. The molecule has 1 amide bonds. The van der Waals surface area contributed by atoms with Crippen LogP contribution in [0.4, 0.5) is 0 Å². The van der Waals surface area contributed by atoms with Gasteiger partial charge in [-0.2, -0.15) is 11.3 Å². The van der Waals surface area contributed by atoms with E-state index >= 15 is 0 Å². The highest BCUT2D eigenvalue weighted by Gasteiger charge is 2.22. The lowest BCUT2D eigenvalue weighted by Crippen LogP contribution is -2.33. The quantitative estimate of drug-likeness (QED) is 0.814. The lowest BCUT2D eigenvalue weighted by Gasteiger charge is -2.21. The normalized spacial score (nSPS) is 20.7. The van der Waals surface area contributed by atoms with Gasteiger partial charge in [-0.15, -0.1) is 0 Å². The Labute approximate surface area is 107 Å². The summed E-state index contributed by atoms with van der Waals surface area (Å²) in [6.07, 6.45) is 1.76. The molecule has 0 aliphatic carbocycles. The molecule has 3 nitrogen and oxygen atoms in total.